The molecule has 0 rings (SSSR count). The SMILES string of the molecule is CCC(OC)[C](C)COC. The topological polar surface area (TPSA) is 18.5 Å². The van der Waals surface area contributed by atoms with Crippen LogP contribution in [0.15, 0.2) is 0 Å². The summed E-state index contributed by atoms with van der Waals surface area (Å²) in [4.78, 5) is 0. The fraction of sp³-hybridized carbons (Fsp3) is 0.875. The minimum atomic E-state index is 0.264. The summed E-state index contributed by atoms with van der Waals surface area (Å²) in [5, 5.41) is 0. The Balaban J connectivity index is 3.53. The van der Waals surface area contributed by atoms with Crippen molar-refractivity contribution in [2.75, 3.05) is 20.8 Å². The van der Waals surface area contributed by atoms with E-state index in [9.17, 15) is 0 Å². The lowest BCUT2D eigenvalue weighted by molar-refractivity contribution is 0.0848. The van der Waals surface area contributed by atoms with E-state index in [1.165, 1.54) is 5.92 Å². The van der Waals surface area contributed by atoms with Gasteiger partial charge in [-0.25, -0.2) is 0 Å². The van der Waals surface area contributed by atoms with Crippen molar-refractivity contribution in [3.8, 4) is 0 Å². The van der Waals surface area contributed by atoms with E-state index in [0.717, 1.165) is 6.42 Å². The van der Waals surface area contributed by atoms with E-state index < -0.39 is 0 Å². The maximum absolute atomic E-state index is 5.20. The first-order valence-electron chi connectivity index (χ1n) is 3.60. The summed E-state index contributed by atoms with van der Waals surface area (Å²) in [5.41, 5.74) is 0. The number of methoxy groups -OCH3 is 2. The normalized spacial score (nSPS) is 14.1. The van der Waals surface area contributed by atoms with Crippen LogP contribution in [0.1, 0.15) is 20.3 Å². The van der Waals surface area contributed by atoms with Gasteiger partial charge >= 0.3 is 0 Å². The smallest absolute Gasteiger partial charge is 0.0651 e. The van der Waals surface area contributed by atoms with Crippen LogP contribution in [0.25, 0.3) is 0 Å². The largest absolute Gasteiger partial charge is 0.384 e. The Kier molecular flexibility index (Phi) is 5.64. The van der Waals surface area contributed by atoms with E-state index in [1.54, 1.807) is 14.2 Å². The molecule has 0 aromatic heterocycles. The molecule has 0 aliphatic heterocycles. The lowest BCUT2D eigenvalue weighted by atomic mass is 10.0. The molecule has 0 heterocycles. The Labute approximate surface area is 63.5 Å². The van der Waals surface area contributed by atoms with Crippen molar-refractivity contribution in [2.45, 2.75) is 26.4 Å². The minimum absolute atomic E-state index is 0.264. The molecular weight excluding hydrogens is 128 g/mol. The van der Waals surface area contributed by atoms with Gasteiger partial charge in [0, 0.05) is 20.1 Å². The number of hydrogen-bond acceptors (Lipinski definition) is 2. The molecule has 2 nitrogen and oxygen atoms in total. The average Bonchev–Trinajstić information content (AvgIpc) is 1.91. The van der Waals surface area contributed by atoms with Gasteiger partial charge in [0.15, 0.2) is 0 Å². The molecule has 0 spiro atoms. The second-order valence-corrected chi connectivity index (χ2v) is 2.41. The minimum Gasteiger partial charge on any atom is -0.384 e. The average molecular weight is 145 g/mol. The van der Waals surface area contributed by atoms with Crippen LogP contribution in [-0.4, -0.2) is 26.9 Å². The third-order valence-corrected chi connectivity index (χ3v) is 1.58. The van der Waals surface area contributed by atoms with Crippen molar-refractivity contribution in [1.82, 2.24) is 0 Å². The van der Waals surface area contributed by atoms with Crippen LogP contribution in [-0.2, 0) is 9.47 Å². The van der Waals surface area contributed by atoms with Crippen LogP contribution in [0.5, 0.6) is 0 Å². The van der Waals surface area contributed by atoms with E-state index in [-0.39, 0.29) is 6.10 Å². The summed E-state index contributed by atoms with van der Waals surface area (Å²) in [6, 6.07) is 0. The Hall–Kier alpha value is -0.0800. The third-order valence-electron chi connectivity index (χ3n) is 1.58. The quantitative estimate of drug-likeness (QED) is 0.585. The van der Waals surface area contributed by atoms with Gasteiger partial charge in [0.25, 0.3) is 0 Å². The summed E-state index contributed by atoms with van der Waals surface area (Å²) >= 11 is 0. The van der Waals surface area contributed by atoms with Crippen LogP contribution in [0.3, 0.4) is 0 Å². The van der Waals surface area contributed by atoms with Crippen LogP contribution < -0.4 is 0 Å². The molecule has 0 aromatic carbocycles. The van der Waals surface area contributed by atoms with Crippen molar-refractivity contribution in [1.29, 1.82) is 0 Å². The molecule has 1 atom stereocenters. The molecule has 0 saturated carbocycles. The van der Waals surface area contributed by atoms with Crippen molar-refractivity contribution < 1.29 is 9.47 Å². The maximum atomic E-state index is 5.20. The molecule has 10 heavy (non-hydrogen) atoms. The molecule has 1 unspecified atom stereocenters. The monoisotopic (exact) mass is 145 g/mol. The number of rotatable bonds is 5. The Bertz CT molecular complexity index is 69.7. The first-order valence-corrected chi connectivity index (χ1v) is 3.60. The molecule has 0 N–H and O–H groups in total. The molecule has 0 aliphatic carbocycles. The van der Waals surface area contributed by atoms with E-state index in [1.807, 2.05) is 0 Å². The highest BCUT2D eigenvalue weighted by Gasteiger charge is 2.13. The number of hydrogen-bond donors (Lipinski definition) is 0. The maximum Gasteiger partial charge on any atom is 0.0651 e. The molecular formula is C8H17O2. The highest BCUT2D eigenvalue weighted by molar-refractivity contribution is 4.92. The summed E-state index contributed by atoms with van der Waals surface area (Å²) in [6.45, 7) is 4.86. The third kappa shape index (κ3) is 3.18. The standard InChI is InChI=1S/C8H17O2/c1-5-8(10-4)7(2)6-9-3/h8H,5-6H2,1-4H3. The summed E-state index contributed by atoms with van der Waals surface area (Å²) in [5.74, 6) is 1.26. The van der Waals surface area contributed by atoms with E-state index in [4.69, 9.17) is 9.47 Å². The molecule has 1 radical (unpaired) electrons. The molecule has 61 valence electrons. The van der Waals surface area contributed by atoms with Crippen molar-refractivity contribution in [3.05, 3.63) is 5.92 Å². The molecule has 0 fully saturated rings. The zero-order chi connectivity index (χ0) is 7.98. The van der Waals surface area contributed by atoms with Crippen LogP contribution >= 0.6 is 0 Å². The lowest BCUT2D eigenvalue weighted by Crippen LogP contribution is -2.21. The molecule has 0 aliphatic rings. The zero-order valence-corrected chi connectivity index (χ0v) is 7.31. The molecule has 0 aromatic rings. The zero-order valence-electron chi connectivity index (χ0n) is 7.31. The highest BCUT2D eigenvalue weighted by Crippen LogP contribution is 2.12. The summed E-state index contributed by atoms with van der Waals surface area (Å²) < 4.78 is 10.2. The first kappa shape index (κ1) is 9.92. The molecule has 0 saturated heterocycles. The van der Waals surface area contributed by atoms with Crippen molar-refractivity contribution in [3.63, 3.8) is 0 Å². The van der Waals surface area contributed by atoms with Gasteiger partial charge in [-0.05, 0) is 6.42 Å². The van der Waals surface area contributed by atoms with Crippen LogP contribution in [0, 0.1) is 5.92 Å². The summed E-state index contributed by atoms with van der Waals surface area (Å²) in [6.07, 6.45) is 1.28. The molecule has 2 heteroatoms. The van der Waals surface area contributed by atoms with Gasteiger partial charge in [-0.15, -0.1) is 0 Å². The van der Waals surface area contributed by atoms with Crippen LogP contribution in [0.2, 0.25) is 0 Å². The first-order chi connectivity index (χ1) is 4.76. The van der Waals surface area contributed by atoms with Gasteiger partial charge in [0.2, 0.25) is 0 Å². The number of ether oxygens (including phenoxy) is 2. The highest BCUT2D eigenvalue weighted by atomic mass is 16.5. The predicted octanol–water partition coefficient (Wildman–Crippen LogP) is 1.65. The van der Waals surface area contributed by atoms with Gasteiger partial charge < -0.3 is 9.47 Å². The Morgan fingerprint density at radius 2 is 2.00 bits per heavy atom. The molecule has 0 amide bonds. The molecule has 0 bridgehead atoms. The second-order valence-electron chi connectivity index (χ2n) is 2.41. The lowest BCUT2D eigenvalue weighted by Gasteiger charge is -2.19. The second kappa shape index (κ2) is 5.69. The fourth-order valence-electron chi connectivity index (χ4n) is 1.04. The van der Waals surface area contributed by atoms with Gasteiger partial charge in [0.1, 0.15) is 0 Å². The van der Waals surface area contributed by atoms with Crippen molar-refractivity contribution in [2.24, 2.45) is 0 Å². The predicted molar refractivity (Wildman–Crippen MR) is 41.9 cm³/mol. The Morgan fingerprint density at radius 3 is 2.30 bits per heavy atom. The van der Waals surface area contributed by atoms with E-state index in [2.05, 4.69) is 13.8 Å². The van der Waals surface area contributed by atoms with E-state index >= 15 is 0 Å². The summed E-state index contributed by atoms with van der Waals surface area (Å²) in [7, 11) is 3.43. The van der Waals surface area contributed by atoms with Gasteiger partial charge in [-0.1, -0.05) is 13.8 Å². The fourth-order valence-corrected chi connectivity index (χ4v) is 1.04. The van der Waals surface area contributed by atoms with Gasteiger partial charge in [0.05, 0.1) is 12.7 Å². The van der Waals surface area contributed by atoms with Crippen molar-refractivity contribution >= 4 is 0 Å². The van der Waals surface area contributed by atoms with Gasteiger partial charge in [-0.2, -0.15) is 0 Å². The van der Waals surface area contributed by atoms with Crippen LogP contribution in [0.4, 0.5) is 0 Å². The van der Waals surface area contributed by atoms with E-state index in [0.29, 0.717) is 6.61 Å². The Morgan fingerprint density at radius 1 is 1.40 bits per heavy atom. The van der Waals surface area contributed by atoms with Gasteiger partial charge in [-0.3, -0.25) is 0 Å².